The van der Waals surface area contributed by atoms with Crippen LogP contribution in [0.25, 0.3) is 0 Å². The van der Waals surface area contributed by atoms with Crippen molar-refractivity contribution >= 4 is 21.4 Å². The summed E-state index contributed by atoms with van der Waals surface area (Å²) in [6, 6.07) is 3.04. The van der Waals surface area contributed by atoms with Crippen LogP contribution in [0.3, 0.4) is 0 Å². The molecular formula is C11H15FN2O3S. The van der Waals surface area contributed by atoms with E-state index in [0.717, 1.165) is 18.2 Å². The number of hydrogen-bond acceptors (Lipinski definition) is 4. The van der Waals surface area contributed by atoms with Crippen molar-refractivity contribution in [2.45, 2.75) is 24.0 Å². The molecule has 100 valence electrons. The van der Waals surface area contributed by atoms with E-state index < -0.39 is 26.8 Å². The molecule has 1 aromatic rings. The number of nitrogens with two attached hydrogens (primary N) is 1. The first-order chi connectivity index (χ1) is 8.30. The number of nitrogen functional groups attached to an aromatic ring is 1. The Bertz CT molecular complexity index is 557. The highest BCUT2D eigenvalue weighted by Gasteiger charge is 2.31. The van der Waals surface area contributed by atoms with Gasteiger partial charge in [0.05, 0.1) is 10.6 Å². The first-order valence-corrected chi connectivity index (χ1v) is 6.92. The fourth-order valence-electron chi connectivity index (χ4n) is 1.40. The van der Waals surface area contributed by atoms with Crippen LogP contribution in [0.4, 0.5) is 10.1 Å². The zero-order chi connectivity index (χ0) is 13.9. The van der Waals surface area contributed by atoms with Gasteiger partial charge in [-0.2, -0.15) is 0 Å². The van der Waals surface area contributed by atoms with E-state index in [1.807, 2.05) is 0 Å². The number of carbonyl (C=O) groups excluding carboxylic acids is 1. The van der Waals surface area contributed by atoms with Crippen LogP contribution in [-0.4, -0.2) is 26.1 Å². The smallest absolute Gasteiger partial charge is 0.238 e. The number of carbonyl (C=O) groups is 1. The van der Waals surface area contributed by atoms with Crippen LogP contribution in [-0.2, 0) is 14.6 Å². The molecule has 1 unspecified atom stereocenters. The third-order valence-electron chi connectivity index (χ3n) is 2.47. The molecule has 0 aromatic heterocycles. The minimum atomic E-state index is -3.99. The van der Waals surface area contributed by atoms with Crippen LogP contribution < -0.4 is 11.1 Å². The number of benzene rings is 1. The Morgan fingerprint density at radius 2 is 2.11 bits per heavy atom. The molecule has 0 saturated carbocycles. The lowest BCUT2D eigenvalue weighted by molar-refractivity contribution is -0.120. The Hall–Kier alpha value is -1.63. The number of sulfone groups is 1. The Morgan fingerprint density at radius 3 is 2.67 bits per heavy atom. The fourth-order valence-corrected chi connectivity index (χ4v) is 2.82. The second-order valence-electron chi connectivity index (χ2n) is 3.76. The van der Waals surface area contributed by atoms with Crippen molar-refractivity contribution in [2.24, 2.45) is 0 Å². The van der Waals surface area contributed by atoms with Gasteiger partial charge < -0.3 is 11.1 Å². The van der Waals surface area contributed by atoms with Crippen molar-refractivity contribution in [3.05, 3.63) is 24.0 Å². The van der Waals surface area contributed by atoms with E-state index in [1.54, 1.807) is 6.92 Å². The van der Waals surface area contributed by atoms with Crippen LogP contribution in [0.1, 0.15) is 13.8 Å². The maximum absolute atomic E-state index is 13.1. The molecular weight excluding hydrogens is 259 g/mol. The molecule has 3 N–H and O–H groups in total. The minimum absolute atomic E-state index is 0.0763. The summed E-state index contributed by atoms with van der Waals surface area (Å²) in [6.07, 6.45) is 0. The molecule has 0 bridgehead atoms. The highest BCUT2D eigenvalue weighted by Crippen LogP contribution is 2.23. The summed E-state index contributed by atoms with van der Waals surface area (Å²) in [6.45, 7) is 3.23. The first kappa shape index (κ1) is 14.4. The summed E-state index contributed by atoms with van der Waals surface area (Å²) in [4.78, 5) is 11.2. The number of halogens is 1. The molecule has 0 aliphatic rings. The summed E-state index contributed by atoms with van der Waals surface area (Å²) in [5.41, 5.74) is 5.43. The summed E-state index contributed by atoms with van der Waals surface area (Å²) in [5.74, 6) is -1.35. The topological polar surface area (TPSA) is 89.3 Å². The number of nitrogens with one attached hydrogen (secondary N) is 1. The fraction of sp³-hybridized carbons (Fsp3) is 0.364. The van der Waals surface area contributed by atoms with E-state index in [0.29, 0.717) is 6.54 Å². The van der Waals surface area contributed by atoms with Crippen molar-refractivity contribution in [1.82, 2.24) is 5.32 Å². The normalized spacial score (nSPS) is 13.1. The summed E-state index contributed by atoms with van der Waals surface area (Å²) < 4.78 is 37.3. The quantitative estimate of drug-likeness (QED) is 0.791. The first-order valence-electron chi connectivity index (χ1n) is 5.37. The lowest BCUT2D eigenvalue weighted by Gasteiger charge is -2.14. The van der Waals surface area contributed by atoms with Crippen molar-refractivity contribution in [1.29, 1.82) is 0 Å². The lowest BCUT2D eigenvalue weighted by atomic mass is 10.3. The molecule has 0 radical (unpaired) electrons. The molecule has 7 heteroatoms. The monoisotopic (exact) mass is 274 g/mol. The van der Waals surface area contributed by atoms with Crippen LogP contribution in [0.2, 0.25) is 0 Å². The molecule has 0 saturated heterocycles. The van der Waals surface area contributed by atoms with Gasteiger partial charge in [-0.05, 0) is 32.0 Å². The van der Waals surface area contributed by atoms with E-state index in [9.17, 15) is 17.6 Å². The Kier molecular flexibility index (Phi) is 4.28. The highest BCUT2D eigenvalue weighted by molar-refractivity contribution is 7.93. The van der Waals surface area contributed by atoms with Crippen LogP contribution in [0.15, 0.2) is 23.1 Å². The predicted octanol–water partition coefficient (Wildman–Crippen LogP) is 0.706. The maximum Gasteiger partial charge on any atom is 0.238 e. The molecule has 1 aromatic carbocycles. The zero-order valence-electron chi connectivity index (χ0n) is 10.1. The summed E-state index contributed by atoms with van der Waals surface area (Å²) in [5, 5.41) is 1.08. The Morgan fingerprint density at radius 1 is 1.50 bits per heavy atom. The van der Waals surface area contributed by atoms with Crippen LogP contribution >= 0.6 is 0 Å². The SMILES string of the molecule is CCNC(=O)C(C)S(=O)(=O)c1cc(F)ccc1N. The van der Waals surface area contributed by atoms with E-state index in [-0.39, 0.29) is 10.6 Å². The third-order valence-corrected chi connectivity index (χ3v) is 4.58. The van der Waals surface area contributed by atoms with Gasteiger partial charge in [-0.3, -0.25) is 4.79 Å². The number of rotatable bonds is 4. The number of amides is 1. The van der Waals surface area contributed by atoms with Crippen molar-refractivity contribution in [3.8, 4) is 0 Å². The minimum Gasteiger partial charge on any atom is -0.398 e. The molecule has 1 rings (SSSR count). The van der Waals surface area contributed by atoms with Gasteiger partial charge in [-0.1, -0.05) is 0 Å². The van der Waals surface area contributed by atoms with Crippen LogP contribution in [0, 0.1) is 5.82 Å². The summed E-state index contributed by atoms with van der Waals surface area (Å²) >= 11 is 0. The van der Waals surface area contributed by atoms with E-state index >= 15 is 0 Å². The number of anilines is 1. The zero-order valence-corrected chi connectivity index (χ0v) is 10.9. The second-order valence-corrected chi connectivity index (χ2v) is 6.00. The third kappa shape index (κ3) is 2.79. The molecule has 0 fully saturated rings. The average molecular weight is 274 g/mol. The van der Waals surface area contributed by atoms with Crippen LogP contribution in [0.5, 0.6) is 0 Å². The molecule has 18 heavy (non-hydrogen) atoms. The molecule has 0 spiro atoms. The van der Waals surface area contributed by atoms with E-state index in [1.165, 1.54) is 6.92 Å². The van der Waals surface area contributed by atoms with Gasteiger partial charge in [0.2, 0.25) is 5.91 Å². The number of hydrogen-bond donors (Lipinski definition) is 2. The second kappa shape index (κ2) is 5.34. The van der Waals surface area contributed by atoms with Crippen molar-refractivity contribution in [2.75, 3.05) is 12.3 Å². The molecule has 0 heterocycles. The van der Waals surface area contributed by atoms with Gasteiger partial charge in [-0.25, -0.2) is 12.8 Å². The van der Waals surface area contributed by atoms with Gasteiger partial charge in [-0.15, -0.1) is 0 Å². The van der Waals surface area contributed by atoms with Gasteiger partial charge in [0.1, 0.15) is 11.1 Å². The molecule has 5 nitrogen and oxygen atoms in total. The molecule has 1 amide bonds. The van der Waals surface area contributed by atoms with Gasteiger partial charge >= 0.3 is 0 Å². The predicted molar refractivity (Wildman–Crippen MR) is 66.1 cm³/mol. The average Bonchev–Trinajstić information content (AvgIpc) is 2.31. The lowest BCUT2D eigenvalue weighted by Crippen LogP contribution is -2.38. The van der Waals surface area contributed by atoms with Crippen molar-refractivity contribution in [3.63, 3.8) is 0 Å². The molecule has 1 atom stereocenters. The Labute approximate surface area is 105 Å². The standard InChI is InChI=1S/C11H15FN2O3S/c1-3-14-11(15)7(2)18(16,17)10-6-8(12)4-5-9(10)13/h4-7H,3,13H2,1-2H3,(H,14,15). The van der Waals surface area contributed by atoms with Crippen molar-refractivity contribution < 1.29 is 17.6 Å². The largest absolute Gasteiger partial charge is 0.398 e. The maximum atomic E-state index is 13.1. The summed E-state index contributed by atoms with van der Waals surface area (Å²) in [7, 11) is -3.99. The van der Waals surface area contributed by atoms with Gasteiger partial charge in [0.15, 0.2) is 9.84 Å². The Balaban J connectivity index is 3.21. The van der Waals surface area contributed by atoms with E-state index in [4.69, 9.17) is 5.73 Å². The highest BCUT2D eigenvalue weighted by atomic mass is 32.2. The van der Waals surface area contributed by atoms with E-state index in [2.05, 4.69) is 5.32 Å². The van der Waals surface area contributed by atoms with Gasteiger partial charge in [0.25, 0.3) is 0 Å². The molecule has 0 aliphatic heterocycles. The molecule has 0 aliphatic carbocycles. The van der Waals surface area contributed by atoms with Gasteiger partial charge in [0, 0.05) is 6.54 Å².